The Morgan fingerprint density at radius 3 is 1.81 bits per heavy atom. The molecule has 4 N–H and O–H groups in total. The summed E-state index contributed by atoms with van der Waals surface area (Å²) < 4.78 is 0. The minimum Gasteiger partial charge on any atom is -0.480 e. The molecule has 2 aromatic heterocycles. The van der Waals surface area contributed by atoms with Gasteiger partial charge in [0.05, 0.1) is 0 Å². The summed E-state index contributed by atoms with van der Waals surface area (Å²) in [6.45, 7) is 1.42. The lowest BCUT2D eigenvalue weighted by atomic mass is 10.4. The van der Waals surface area contributed by atoms with Crippen LogP contribution >= 0.6 is 11.3 Å². The van der Waals surface area contributed by atoms with E-state index in [2.05, 4.69) is 4.98 Å². The van der Waals surface area contributed by atoms with E-state index < -0.39 is 12.0 Å². The van der Waals surface area contributed by atoms with E-state index in [0.717, 1.165) is 0 Å². The number of nitrogens with two attached hydrogens (primary N) is 1. The molecule has 16 heavy (non-hydrogen) atoms. The van der Waals surface area contributed by atoms with Gasteiger partial charge in [0, 0.05) is 12.4 Å². The monoisotopic (exact) mass is 240 g/mol. The number of nitrogens with one attached hydrogen (secondary N) is 1. The molecule has 2 aromatic rings. The van der Waals surface area contributed by atoms with Gasteiger partial charge in [0.2, 0.25) is 0 Å². The molecule has 1 atom stereocenters. The second-order valence-electron chi connectivity index (χ2n) is 2.80. The SMILES string of the molecule is C[C@H](N)C(=O)O.c1cc[nH]c1.c1ccsc1. The first-order valence-electron chi connectivity index (χ1n) is 4.68. The Bertz CT molecular complexity index is 270. The van der Waals surface area contributed by atoms with Crippen LogP contribution in [0.15, 0.2) is 47.4 Å². The van der Waals surface area contributed by atoms with Gasteiger partial charge in [-0.15, -0.1) is 0 Å². The van der Waals surface area contributed by atoms with Crippen molar-refractivity contribution in [3.63, 3.8) is 0 Å². The molecule has 88 valence electrons. The number of aliphatic carboxylic acids is 1. The average Bonchev–Trinajstić information content (AvgIpc) is 2.97. The Balaban J connectivity index is 0.000000211. The van der Waals surface area contributed by atoms with E-state index in [-0.39, 0.29) is 0 Å². The molecule has 0 aliphatic carbocycles. The zero-order valence-electron chi connectivity index (χ0n) is 9.04. The second kappa shape index (κ2) is 9.95. The van der Waals surface area contributed by atoms with E-state index in [1.165, 1.54) is 6.92 Å². The molecule has 0 aromatic carbocycles. The van der Waals surface area contributed by atoms with Crippen molar-refractivity contribution in [1.82, 2.24) is 4.98 Å². The van der Waals surface area contributed by atoms with Gasteiger partial charge in [0.15, 0.2) is 0 Å². The Kier molecular flexibility index (Phi) is 8.96. The van der Waals surface area contributed by atoms with Crippen LogP contribution in [-0.2, 0) is 4.79 Å². The van der Waals surface area contributed by atoms with Gasteiger partial charge in [-0.2, -0.15) is 11.3 Å². The molecule has 0 spiro atoms. The highest BCUT2D eigenvalue weighted by molar-refractivity contribution is 7.07. The molecule has 4 nitrogen and oxygen atoms in total. The summed E-state index contributed by atoms with van der Waals surface area (Å²) in [6.07, 6.45) is 3.75. The number of thiophene rings is 1. The third-order valence-electron chi connectivity index (χ3n) is 1.31. The molecular formula is C11H16N2O2S. The number of H-pyrrole nitrogens is 1. The van der Waals surface area contributed by atoms with Crippen molar-refractivity contribution in [2.24, 2.45) is 5.73 Å². The molecule has 5 heteroatoms. The zero-order valence-corrected chi connectivity index (χ0v) is 9.85. The third-order valence-corrected chi connectivity index (χ3v) is 1.94. The fourth-order valence-corrected chi connectivity index (χ4v) is 0.958. The van der Waals surface area contributed by atoms with Gasteiger partial charge < -0.3 is 15.8 Å². The fraction of sp³-hybridized carbons (Fsp3) is 0.182. The summed E-state index contributed by atoms with van der Waals surface area (Å²) in [4.78, 5) is 12.4. The van der Waals surface area contributed by atoms with E-state index in [0.29, 0.717) is 0 Å². The maximum absolute atomic E-state index is 9.57. The Labute approximate surface area is 98.7 Å². The number of aromatic amines is 1. The first-order chi connectivity index (χ1) is 7.64. The molecule has 0 unspecified atom stereocenters. The molecule has 0 radical (unpaired) electrons. The van der Waals surface area contributed by atoms with E-state index in [1.54, 1.807) is 11.3 Å². The van der Waals surface area contributed by atoms with Crippen LogP contribution in [0.1, 0.15) is 6.92 Å². The van der Waals surface area contributed by atoms with Gasteiger partial charge in [-0.3, -0.25) is 4.79 Å². The highest BCUT2D eigenvalue weighted by Crippen LogP contribution is 1.91. The van der Waals surface area contributed by atoms with Crippen LogP contribution in [0.5, 0.6) is 0 Å². The Morgan fingerprint density at radius 1 is 1.25 bits per heavy atom. The molecule has 2 rings (SSSR count). The minimum atomic E-state index is -0.963. The predicted molar refractivity (Wildman–Crippen MR) is 66.4 cm³/mol. The number of aromatic nitrogens is 1. The van der Waals surface area contributed by atoms with Crippen molar-refractivity contribution in [2.75, 3.05) is 0 Å². The van der Waals surface area contributed by atoms with E-state index >= 15 is 0 Å². The second-order valence-corrected chi connectivity index (χ2v) is 3.62. The van der Waals surface area contributed by atoms with Crippen LogP contribution in [0.3, 0.4) is 0 Å². The standard InChI is InChI=1S/C4H5N.C4H4S.C3H7NO2/c2*1-2-4-5-3-1;1-2(4)3(5)6/h1-5H;1-4H;2H,4H2,1H3,(H,5,6)/t;;2-/m..0/s1. The van der Waals surface area contributed by atoms with Crippen LogP contribution < -0.4 is 5.73 Å². The predicted octanol–water partition coefficient (Wildman–Crippen LogP) is 2.18. The number of carbonyl (C=O) groups is 1. The number of hydrogen-bond acceptors (Lipinski definition) is 3. The third kappa shape index (κ3) is 10.5. The lowest BCUT2D eigenvalue weighted by molar-refractivity contribution is -0.138. The largest absolute Gasteiger partial charge is 0.480 e. The van der Waals surface area contributed by atoms with E-state index in [4.69, 9.17) is 10.8 Å². The number of hydrogen-bond donors (Lipinski definition) is 3. The summed E-state index contributed by atoms with van der Waals surface area (Å²) in [5.41, 5.74) is 4.84. The van der Waals surface area contributed by atoms with Crippen molar-refractivity contribution < 1.29 is 9.90 Å². The first-order valence-corrected chi connectivity index (χ1v) is 5.62. The van der Waals surface area contributed by atoms with Gasteiger partial charge in [-0.1, -0.05) is 12.1 Å². The lowest BCUT2D eigenvalue weighted by Gasteiger charge is -1.90. The van der Waals surface area contributed by atoms with Crippen LogP contribution in [0, 0.1) is 0 Å². The Hall–Kier alpha value is -1.59. The van der Waals surface area contributed by atoms with Gasteiger partial charge in [-0.05, 0) is 29.8 Å². The Morgan fingerprint density at radius 2 is 1.69 bits per heavy atom. The highest BCUT2D eigenvalue weighted by Gasteiger charge is 1.99. The number of carboxylic acid groups (broad SMARTS) is 1. The zero-order chi connectivity index (χ0) is 12.2. The fourth-order valence-electron chi connectivity index (χ4n) is 0.505. The summed E-state index contributed by atoms with van der Waals surface area (Å²) in [5, 5.41) is 11.9. The highest BCUT2D eigenvalue weighted by atomic mass is 32.1. The first kappa shape index (κ1) is 14.4. The maximum Gasteiger partial charge on any atom is 0.320 e. The van der Waals surface area contributed by atoms with Gasteiger partial charge in [0.25, 0.3) is 0 Å². The smallest absolute Gasteiger partial charge is 0.320 e. The van der Waals surface area contributed by atoms with Crippen LogP contribution in [-0.4, -0.2) is 22.1 Å². The lowest BCUT2D eigenvalue weighted by Crippen LogP contribution is -2.25. The van der Waals surface area contributed by atoms with E-state index in [9.17, 15) is 4.79 Å². The average molecular weight is 240 g/mol. The van der Waals surface area contributed by atoms with Crippen molar-refractivity contribution in [3.8, 4) is 0 Å². The summed E-state index contributed by atoms with van der Waals surface area (Å²) in [5.74, 6) is -0.963. The molecule has 0 saturated heterocycles. The molecule has 0 saturated carbocycles. The van der Waals surface area contributed by atoms with Gasteiger partial charge >= 0.3 is 5.97 Å². The number of carboxylic acids is 1. The van der Waals surface area contributed by atoms with Crippen LogP contribution in [0.2, 0.25) is 0 Å². The van der Waals surface area contributed by atoms with Crippen molar-refractivity contribution in [3.05, 3.63) is 47.4 Å². The van der Waals surface area contributed by atoms with E-state index in [1.807, 2.05) is 47.4 Å². The summed E-state index contributed by atoms with van der Waals surface area (Å²) in [6, 6.07) is 7.19. The molecular weight excluding hydrogens is 224 g/mol. The van der Waals surface area contributed by atoms with Crippen molar-refractivity contribution in [1.29, 1.82) is 0 Å². The summed E-state index contributed by atoms with van der Waals surface area (Å²) in [7, 11) is 0. The van der Waals surface area contributed by atoms with Gasteiger partial charge in [-0.25, -0.2) is 0 Å². The number of rotatable bonds is 1. The van der Waals surface area contributed by atoms with Crippen molar-refractivity contribution in [2.45, 2.75) is 13.0 Å². The maximum atomic E-state index is 9.57. The van der Waals surface area contributed by atoms with Crippen LogP contribution in [0.4, 0.5) is 0 Å². The minimum absolute atomic E-state index is 0.731. The molecule has 2 heterocycles. The van der Waals surface area contributed by atoms with Gasteiger partial charge in [0.1, 0.15) is 6.04 Å². The molecule has 0 amide bonds. The molecule has 0 aliphatic heterocycles. The summed E-state index contributed by atoms with van der Waals surface area (Å²) >= 11 is 1.71. The molecule has 0 bridgehead atoms. The molecule has 0 aliphatic rings. The molecule has 0 fully saturated rings. The van der Waals surface area contributed by atoms with Crippen LogP contribution in [0.25, 0.3) is 0 Å². The van der Waals surface area contributed by atoms with Crippen molar-refractivity contribution >= 4 is 17.3 Å². The quantitative estimate of drug-likeness (QED) is 0.714. The normalized spacial score (nSPS) is 10.1. The topological polar surface area (TPSA) is 79.1 Å².